The first-order valence-electron chi connectivity index (χ1n) is 2.72. The summed E-state index contributed by atoms with van der Waals surface area (Å²) in [5.41, 5.74) is 3.92. The predicted octanol–water partition coefficient (Wildman–Crippen LogP) is -1.19. The van der Waals surface area contributed by atoms with E-state index in [1.165, 1.54) is 0 Å². The molecule has 0 saturated heterocycles. The second-order valence-electron chi connectivity index (χ2n) is 1.72. The van der Waals surface area contributed by atoms with Gasteiger partial charge >= 0.3 is 5.91 Å². The lowest BCUT2D eigenvalue weighted by atomic mass is 10.5. The predicted molar refractivity (Wildman–Crippen MR) is 34.9 cm³/mol. The SMILES string of the molecule is O=COC1=C(Cl)NN(O)NC1=O. The van der Waals surface area contributed by atoms with Crippen molar-refractivity contribution in [2.75, 3.05) is 0 Å². The molecule has 1 amide bonds. The van der Waals surface area contributed by atoms with Crippen LogP contribution >= 0.6 is 11.6 Å². The van der Waals surface area contributed by atoms with Gasteiger partial charge in [0.1, 0.15) is 0 Å². The lowest BCUT2D eigenvalue weighted by molar-refractivity contribution is -0.186. The molecule has 0 aromatic carbocycles. The molecule has 1 aliphatic heterocycles. The molecule has 0 bridgehead atoms. The van der Waals surface area contributed by atoms with E-state index in [2.05, 4.69) is 10.2 Å². The van der Waals surface area contributed by atoms with Crippen molar-refractivity contribution in [1.82, 2.24) is 16.1 Å². The van der Waals surface area contributed by atoms with Crippen LogP contribution in [0.4, 0.5) is 0 Å². The molecule has 0 fully saturated rings. The monoisotopic (exact) mass is 193 g/mol. The van der Waals surface area contributed by atoms with Crippen LogP contribution in [0, 0.1) is 0 Å². The van der Waals surface area contributed by atoms with Crippen LogP contribution in [-0.4, -0.2) is 22.9 Å². The molecule has 0 unspecified atom stereocenters. The van der Waals surface area contributed by atoms with Crippen LogP contribution < -0.4 is 10.9 Å². The Kier molecular flexibility index (Phi) is 2.48. The van der Waals surface area contributed by atoms with Crippen LogP contribution in [0.15, 0.2) is 10.9 Å². The normalized spacial score (nSPS) is 18.3. The number of hydrogen-bond donors (Lipinski definition) is 3. The molecule has 1 heterocycles. The number of rotatable bonds is 2. The summed E-state index contributed by atoms with van der Waals surface area (Å²) in [4.78, 5) is 20.7. The Balaban J connectivity index is 2.85. The molecule has 0 aromatic heterocycles. The molecule has 1 rings (SSSR count). The number of amides is 1. The molecular weight excluding hydrogens is 190 g/mol. The molecule has 0 spiro atoms. The third-order valence-corrected chi connectivity index (χ3v) is 1.24. The standard InChI is InChI=1S/C4H4ClN3O4/c5-3-2(12-1-9)4(10)7-8(11)6-3/h1,6,11H,(H,7,10). The average Bonchev–Trinajstić information content (AvgIpc) is 1.96. The van der Waals surface area contributed by atoms with Crippen molar-refractivity contribution in [1.29, 1.82) is 0 Å². The van der Waals surface area contributed by atoms with E-state index in [1.54, 1.807) is 0 Å². The molecule has 12 heavy (non-hydrogen) atoms. The Labute approximate surface area is 71.4 Å². The van der Waals surface area contributed by atoms with Crippen LogP contribution in [0.3, 0.4) is 0 Å². The van der Waals surface area contributed by atoms with E-state index in [9.17, 15) is 9.59 Å². The van der Waals surface area contributed by atoms with Gasteiger partial charge in [-0.15, -0.1) is 0 Å². The number of hydrazine groups is 2. The fourth-order valence-corrected chi connectivity index (χ4v) is 0.782. The first kappa shape index (κ1) is 8.78. The van der Waals surface area contributed by atoms with Gasteiger partial charge in [-0.25, -0.2) is 5.43 Å². The van der Waals surface area contributed by atoms with Crippen molar-refractivity contribution >= 4 is 24.0 Å². The molecule has 0 aromatic rings. The van der Waals surface area contributed by atoms with Crippen molar-refractivity contribution in [2.24, 2.45) is 0 Å². The van der Waals surface area contributed by atoms with E-state index in [1.807, 2.05) is 5.43 Å². The van der Waals surface area contributed by atoms with Crippen molar-refractivity contribution < 1.29 is 19.5 Å². The van der Waals surface area contributed by atoms with Gasteiger partial charge < -0.3 is 4.74 Å². The maximum absolute atomic E-state index is 10.8. The lowest BCUT2D eigenvalue weighted by Gasteiger charge is -2.22. The Hall–Kier alpha value is -1.31. The minimum absolute atomic E-state index is 0.0476. The van der Waals surface area contributed by atoms with Crippen LogP contribution in [0.25, 0.3) is 0 Å². The zero-order valence-electron chi connectivity index (χ0n) is 5.57. The van der Waals surface area contributed by atoms with Crippen molar-refractivity contribution in [3.05, 3.63) is 10.9 Å². The van der Waals surface area contributed by atoms with Crippen molar-refractivity contribution in [3.63, 3.8) is 0 Å². The van der Waals surface area contributed by atoms with Gasteiger partial charge in [-0.2, -0.15) is 0 Å². The van der Waals surface area contributed by atoms with E-state index in [0.717, 1.165) is 0 Å². The number of carbonyl (C=O) groups is 2. The summed E-state index contributed by atoms with van der Waals surface area (Å²) in [6, 6.07) is 0. The average molecular weight is 194 g/mol. The third kappa shape index (κ3) is 1.64. The largest absolute Gasteiger partial charge is 0.419 e. The number of ether oxygens (including phenoxy) is 1. The Morgan fingerprint density at radius 3 is 2.75 bits per heavy atom. The smallest absolute Gasteiger partial charge is 0.307 e. The third-order valence-electron chi connectivity index (χ3n) is 0.983. The van der Waals surface area contributed by atoms with E-state index in [0.29, 0.717) is 0 Å². The van der Waals surface area contributed by atoms with Gasteiger partial charge in [0.25, 0.3) is 6.47 Å². The zero-order chi connectivity index (χ0) is 9.14. The second-order valence-corrected chi connectivity index (χ2v) is 2.10. The number of carbonyl (C=O) groups excluding carboxylic acids is 2. The van der Waals surface area contributed by atoms with Gasteiger partial charge in [0.2, 0.25) is 5.76 Å². The van der Waals surface area contributed by atoms with E-state index in [-0.39, 0.29) is 16.9 Å². The van der Waals surface area contributed by atoms with E-state index >= 15 is 0 Å². The Morgan fingerprint density at radius 1 is 1.58 bits per heavy atom. The van der Waals surface area contributed by atoms with E-state index in [4.69, 9.17) is 16.8 Å². The highest BCUT2D eigenvalue weighted by molar-refractivity contribution is 6.31. The van der Waals surface area contributed by atoms with Crippen LogP contribution in [0.1, 0.15) is 0 Å². The molecule has 3 N–H and O–H groups in total. The summed E-state index contributed by atoms with van der Waals surface area (Å²) in [5.74, 6) is -1.23. The van der Waals surface area contributed by atoms with Crippen LogP contribution in [0.2, 0.25) is 0 Å². The van der Waals surface area contributed by atoms with Gasteiger partial charge in [0.15, 0.2) is 5.16 Å². The molecule has 0 atom stereocenters. The highest BCUT2D eigenvalue weighted by atomic mass is 35.5. The molecule has 1 aliphatic rings. The van der Waals surface area contributed by atoms with Crippen molar-refractivity contribution in [2.45, 2.75) is 0 Å². The number of nitrogens with zero attached hydrogens (tertiary/aromatic N) is 1. The van der Waals surface area contributed by atoms with Gasteiger partial charge in [0.05, 0.1) is 0 Å². The van der Waals surface area contributed by atoms with Gasteiger partial charge in [-0.1, -0.05) is 11.6 Å². The molecule has 7 nitrogen and oxygen atoms in total. The summed E-state index contributed by atoms with van der Waals surface area (Å²) in [6.07, 6.45) is 0. The maximum atomic E-state index is 10.8. The molecular formula is C4H4ClN3O4. The number of nitrogens with one attached hydrogen (secondary N) is 2. The number of hydrogen-bond acceptors (Lipinski definition) is 6. The fraction of sp³-hybridized carbons (Fsp3) is 0. The molecule has 0 saturated carbocycles. The summed E-state index contributed by atoms with van der Waals surface area (Å²) < 4.78 is 4.21. The lowest BCUT2D eigenvalue weighted by Crippen LogP contribution is -2.52. The minimum Gasteiger partial charge on any atom is -0.419 e. The quantitative estimate of drug-likeness (QED) is 0.377. The fourth-order valence-electron chi connectivity index (χ4n) is 0.572. The minimum atomic E-state index is -0.826. The highest BCUT2D eigenvalue weighted by Crippen LogP contribution is 2.10. The first-order chi connectivity index (χ1) is 5.65. The van der Waals surface area contributed by atoms with Crippen LogP contribution in [-0.2, 0) is 14.3 Å². The summed E-state index contributed by atoms with van der Waals surface area (Å²) in [6.45, 7) is 0.0476. The van der Waals surface area contributed by atoms with Gasteiger partial charge in [-0.3, -0.25) is 20.2 Å². The van der Waals surface area contributed by atoms with Gasteiger partial charge in [-0.05, 0) is 5.28 Å². The first-order valence-corrected chi connectivity index (χ1v) is 3.09. The zero-order valence-corrected chi connectivity index (χ0v) is 6.33. The van der Waals surface area contributed by atoms with Gasteiger partial charge in [0, 0.05) is 0 Å². The molecule has 8 heteroatoms. The molecule has 66 valence electrons. The molecule has 0 aliphatic carbocycles. The number of halogens is 1. The Bertz CT molecular complexity index is 253. The topological polar surface area (TPSA) is 90.9 Å². The highest BCUT2D eigenvalue weighted by Gasteiger charge is 2.24. The summed E-state index contributed by atoms with van der Waals surface area (Å²) >= 11 is 5.37. The summed E-state index contributed by atoms with van der Waals surface area (Å²) in [5, 5.41) is 8.62. The van der Waals surface area contributed by atoms with Crippen LogP contribution in [0.5, 0.6) is 0 Å². The Morgan fingerprint density at radius 2 is 2.25 bits per heavy atom. The maximum Gasteiger partial charge on any atom is 0.307 e. The second kappa shape index (κ2) is 3.39. The molecule has 0 radical (unpaired) electrons. The van der Waals surface area contributed by atoms with E-state index < -0.39 is 11.7 Å². The van der Waals surface area contributed by atoms with Crippen molar-refractivity contribution in [3.8, 4) is 0 Å². The summed E-state index contributed by atoms with van der Waals surface area (Å²) in [7, 11) is 0.